The predicted octanol–water partition coefficient (Wildman–Crippen LogP) is 5.49. The van der Waals surface area contributed by atoms with Crippen molar-refractivity contribution in [2.45, 2.75) is 47.0 Å². The second-order valence-electron chi connectivity index (χ2n) is 10.1. The summed E-state index contributed by atoms with van der Waals surface area (Å²) >= 11 is 0. The second kappa shape index (κ2) is 11.9. The number of halogens is 1. The second-order valence-corrected chi connectivity index (χ2v) is 10.1. The van der Waals surface area contributed by atoms with E-state index in [-0.39, 0.29) is 24.2 Å². The maximum Gasteiger partial charge on any atom is 0.330 e. The first-order valence-corrected chi connectivity index (χ1v) is 13.6. The monoisotopic (exact) mass is 572 g/mol. The number of aromatic nitrogens is 4. The Morgan fingerprint density at radius 2 is 1.98 bits per heavy atom. The van der Waals surface area contributed by atoms with Crippen LogP contribution >= 0.6 is 0 Å². The van der Waals surface area contributed by atoms with Gasteiger partial charge in [0.15, 0.2) is 0 Å². The molecule has 42 heavy (non-hydrogen) atoms. The minimum absolute atomic E-state index is 0.137. The average molecular weight is 573 g/mol. The molecule has 3 amide bonds. The van der Waals surface area contributed by atoms with Crippen molar-refractivity contribution < 1.29 is 18.7 Å². The van der Waals surface area contributed by atoms with Gasteiger partial charge < -0.3 is 19.9 Å². The third kappa shape index (κ3) is 5.60. The van der Waals surface area contributed by atoms with Gasteiger partial charge in [0.05, 0.1) is 25.0 Å². The molecular formula is C30H33FN8O3. The fraction of sp³-hybridized carbons (Fsp3) is 0.300. The summed E-state index contributed by atoms with van der Waals surface area (Å²) in [7, 11) is 1.49. The molecule has 3 heterocycles. The van der Waals surface area contributed by atoms with Crippen LogP contribution in [0.15, 0.2) is 55.0 Å². The summed E-state index contributed by atoms with van der Waals surface area (Å²) in [4.78, 5) is 43.4. The number of nitrogens with zero attached hydrogens (tertiary/aromatic N) is 6. The Hall–Kier alpha value is -5.00. The van der Waals surface area contributed by atoms with Crippen LogP contribution in [0.3, 0.4) is 0 Å². The number of hydrogen-bond donors (Lipinski definition) is 2. The molecule has 2 aromatic carbocycles. The lowest BCUT2D eigenvalue weighted by molar-refractivity contribution is 0.102. The standard InChI is InChI=1S/C30H33FN8O3/c1-6-37-27-22(16-33-29(36-27)34-18(2)3)17-39(30(37)41)24-12-20(13-25(14-24)42-5)28(40)35-23-7-8-26(21(11-23)15-31)38-10-9-32-19(38)4/h7-14,16,18H,6,15,17H2,1-5H3,(H,35,40)(H,33,34,36). The molecule has 0 spiro atoms. The fourth-order valence-corrected chi connectivity index (χ4v) is 4.86. The Morgan fingerprint density at radius 3 is 2.64 bits per heavy atom. The van der Waals surface area contributed by atoms with Crippen LogP contribution in [-0.4, -0.2) is 51.2 Å². The molecule has 11 nitrogen and oxygen atoms in total. The molecule has 0 bridgehead atoms. The van der Waals surface area contributed by atoms with Crippen molar-refractivity contribution in [3.8, 4) is 11.4 Å². The first-order valence-electron chi connectivity index (χ1n) is 13.6. The number of urea groups is 1. The summed E-state index contributed by atoms with van der Waals surface area (Å²) < 4.78 is 21.2. The number of anilines is 4. The van der Waals surface area contributed by atoms with Gasteiger partial charge in [-0.05, 0) is 58.0 Å². The summed E-state index contributed by atoms with van der Waals surface area (Å²) in [6.45, 7) is 7.57. The number of benzene rings is 2. The number of methoxy groups -OCH3 is 1. The van der Waals surface area contributed by atoms with Crippen LogP contribution in [-0.2, 0) is 13.2 Å². The van der Waals surface area contributed by atoms with E-state index >= 15 is 0 Å². The minimum Gasteiger partial charge on any atom is -0.497 e. The molecule has 2 N–H and O–H groups in total. The zero-order valence-corrected chi connectivity index (χ0v) is 24.2. The van der Waals surface area contributed by atoms with Crippen LogP contribution in [0.1, 0.15) is 48.1 Å². The van der Waals surface area contributed by atoms with Crippen molar-refractivity contribution in [1.29, 1.82) is 0 Å². The highest BCUT2D eigenvalue weighted by Gasteiger charge is 2.33. The molecular weight excluding hydrogens is 539 g/mol. The number of amides is 3. The molecule has 1 aliphatic rings. The minimum atomic E-state index is -0.717. The molecule has 0 fully saturated rings. The number of carbonyl (C=O) groups excluding carboxylic acids is 2. The molecule has 0 unspecified atom stereocenters. The number of hydrogen-bond acceptors (Lipinski definition) is 7. The number of ether oxygens (including phenoxy) is 1. The predicted molar refractivity (Wildman–Crippen MR) is 159 cm³/mol. The molecule has 0 radical (unpaired) electrons. The smallest absolute Gasteiger partial charge is 0.330 e. The summed E-state index contributed by atoms with van der Waals surface area (Å²) in [5.41, 5.74) is 3.01. The molecule has 4 aromatic rings. The summed E-state index contributed by atoms with van der Waals surface area (Å²) in [6.07, 6.45) is 5.11. The number of nitrogens with one attached hydrogen (secondary N) is 2. The fourth-order valence-electron chi connectivity index (χ4n) is 4.86. The number of aryl methyl sites for hydroxylation is 1. The topological polar surface area (TPSA) is 118 Å². The van der Waals surface area contributed by atoms with E-state index in [2.05, 4.69) is 25.6 Å². The zero-order chi connectivity index (χ0) is 30.0. The van der Waals surface area contributed by atoms with E-state index < -0.39 is 12.6 Å². The maximum absolute atomic E-state index is 14.0. The Kier molecular flexibility index (Phi) is 8.05. The highest BCUT2D eigenvalue weighted by Crippen LogP contribution is 2.33. The number of imidazole rings is 1. The van der Waals surface area contributed by atoms with Crippen LogP contribution in [0, 0.1) is 6.92 Å². The summed E-state index contributed by atoms with van der Waals surface area (Å²) in [6, 6.07) is 9.82. The maximum atomic E-state index is 14.0. The SMILES string of the molecule is CCN1C(=O)N(c2cc(OC)cc(C(=O)Nc3ccc(-n4ccnc4C)c(CF)c3)c2)Cc2cnc(NC(C)C)nc21. The van der Waals surface area contributed by atoms with Crippen molar-refractivity contribution >= 4 is 35.1 Å². The first kappa shape index (κ1) is 28.5. The van der Waals surface area contributed by atoms with Crippen molar-refractivity contribution in [2.75, 3.05) is 34.1 Å². The van der Waals surface area contributed by atoms with Crippen molar-refractivity contribution in [3.63, 3.8) is 0 Å². The molecule has 12 heteroatoms. The summed E-state index contributed by atoms with van der Waals surface area (Å²) in [5, 5.41) is 6.02. The van der Waals surface area contributed by atoms with Gasteiger partial charge in [0.1, 0.15) is 24.1 Å². The molecule has 2 aromatic heterocycles. The normalized spacial score (nSPS) is 12.9. The van der Waals surface area contributed by atoms with E-state index in [0.29, 0.717) is 46.7 Å². The first-order chi connectivity index (χ1) is 20.2. The molecule has 0 saturated carbocycles. The largest absolute Gasteiger partial charge is 0.497 e. The van der Waals surface area contributed by atoms with Crippen LogP contribution in [0.2, 0.25) is 0 Å². The molecule has 218 valence electrons. The van der Waals surface area contributed by atoms with E-state index in [1.54, 1.807) is 69.4 Å². The Labute approximate surface area is 243 Å². The quantitative estimate of drug-likeness (QED) is 0.272. The van der Waals surface area contributed by atoms with Gasteiger partial charge in [0, 0.05) is 59.6 Å². The number of rotatable bonds is 9. The average Bonchev–Trinajstić information content (AvgIpc) is 3.41. The lowest BCUT2D eigenvalue weighted by Gasteiger charge is -2.35. The van der Waals surface area contributed by atoms with Crippen LogP contribution in [0.5, 0.6) is 5.75 Å². The van der Waals surface area contributed by atoms with E-state index in [4.69, 9.17) is 4.74 Å². The van der Waals surface area contributed by atoms with E-state index in [1.165, 1.54) is 7.11 Å². The van der Waals surface area contributed by atoms with Crippen molar-refractivity contribution in [2.24, 2.45) is 0 Å². The zero-order valence-electron chi connectivity index (χ0n) is 24.2. The number of carbonyl (C=O) groups is 2. The van der Waals surface area contributed by atoms with Crippen molar-refractivity contribution in [1.82, 2.24) is 19.5 Å². The van der Waals surface area contributed by atoms with Gasteiger partial charge in [0.2, 0.25) is 5.95 Å². The van der Waals surface area contributed by atoms with Gasteiger partial charge >= 0.3 is 6.03 Å². The third-order valence-corrected chi connectivity index (χ3v) is 6.89. The van der Waals surface area contributed by atoms with Crippen LogP contribution < -0.4 is 25.2 Å². The van der Waals surface area contributed by atoms with Gasteiger partial charge in [-0.25, -0.2) is 19.2 Å². The highest BCUT2D eigenvalue weighted by atomic mass is 19.1. The lowest BCUT2D eigenvalue weighted by atomic mass is 10.1. The molecule has 5 rings (SSSR count). The third-order valence-electron chi connectivity index (χ3n) is 6.89. The van der Waals surface area contributed by atoms with Gasteiger partial charge in [-0.15, -0.1) is 0 Å². The lowest BCUT2D eigenvalue weighted by Crippen LogP contribution is -2.48. The van der Waals surface area contributed by atoms with Crippen LogP contribution in [0.25, 0.3) is 5.69 Å². The van der Waals surface area contributed by atoms with Crippen molar-refractivity contribution in [3.05, 3.63) is 77.5 Å². The van der Waals surface area contributed by atoms with Crippen LogP contribution in [0.4, 0.5) is 32.3 Å². The Morgan fingerprint density at radius 1 is 1.17 bits per heavy atom. The molecule has 0 aliphatic carbocycles. The van der Waals surface area contributed by atoms with E-state index in [1.807, 2.05) is 27.7 Å². The Bertz CT molecular complexity index is 1640. The molecule has 0 atom stereocenters. The van der Waals surface area contributed by atoms with Gasteiger partial charge in [-0.3, -0.25) is 14.6 Å². The van der Waals surface area contributed by atoms with E-state index in [9.17, 15) is 14.0 Å². The van der Waals surface area contributed by atoms with Gasteiger partial charge in [0.25, 0.3) is 5.91 Å². The Balaban J connectivity index is 1.43. The number of fused-ring (bicyclic) bond motifs is 1. The van der Waals surface area contributed by atoms with E-state index in [0.717, 1.165) is 11.4 Å². The van der Waals surface area contributed by atoms with Gasteiger partial charge in [-0.1, -0.05) is 0 Å². The highest BCUT2D eigenvalue weighted by molar-refractivity contribution is 6.08. The summed E-state index contributed by atoms with van der Waals surface area (Å²) in [5.74, 6) is 1.70. The number of alkyl halides is 1. The van der Waals surface area contributed by atoms with Gasteiger partial charge in [-0.2, -0.15) is 4.98 Å². The molecule has 0 saturated heterocycles. The molecule has 1 aliphatic heterocycles.